The Labute approximate surface area is 280 Å². The Morgan fingerprint density at radius 3 is 2.43 bits per heavy atom. The standard InChI is InChI=1S/C36H44BrN3O6/c1-6-17-38(25-13-15-26(16-14-25)45-8-3)33(42)29-30-34(43)40(19-9-10-20-41)32(36(30)22-27(37)31(29)46-36)35(44)39(18-7-2)28-21-23(4)11-12-24(28)5/h6-7,11-16,21,27,29-32,41H,1-2,8-10,17-20,22H2,3-5H3/t27?,29-,30+,31-,32?,36?/m1/s1. The first-order valence-electron chi connectivity index (χ1n) is 16.0. The molecule has 10 heteroatoms. The minimum atomic E-state index is -1.21. The predicted molar refractivity (Wildman–Crippen MR) is 182 cm³/mol. The Kier molecular flexibility index (Phi) is 10.4. The molecule has 3 unspecified atom stereocenters. The first-order valence-corrected chi connectivity index (χ1v) is 16.9. The summed E-state index contributed by atoms with van der Waals surface area (Å²) in [6, 6.07) is 12.3. The number of anilines is 2. The van der Waals surface area contributed by atoms with E-state index in [9.17, 15) is 19.5 Å². The van der Waals surface area contributed by atoms with E-state index in [1.165, 1.54) is 0 Å². The van der Waals surface area contributed by atoms with Gasteiger partial charge < -0.3 is 29.3 Å². The highest BCUT2D eigenvalue weighted by molar-refractivity contribution is 9.09. The molecule has 6 atom stereocenters. The number of halogens is 1. The highest BCUT2D eigenvalue weighted by atomic mass is 79.9. The Hall–Kier alpha value is -3.47. The lowest BCUT2D eigenvalue weighted by atomic mass is 9.70. The molecule has 1 N–H and O–H groups in total. The first kappa shape index (κ1) is 33.9. The van der Waals surface area contributed by atoms with Crippen LogP contribution >= 0.6 is 15.9 Å². The van der Waals surface area contributed by atoms with E-state index in [2.05, 4.69) is 29.1 Å². The summed E-state index contributed by atoms with van der Waals surface area (Å²) in [5.74, 6) is -1.75. The highest BCUT2D eigenvalue weighted by Crippen LogP contribution is 2.60. The molecule has 9 nitrogen and oxygen atoms in total. The Morgan fingerprint density at radius 2 is 1.78 bits per heavy atom. The largest absolute Gasteiger partial charge is 0.494 e. The van der Waals surface area contributed by atoms with Crippen molar-refractivity contribution in [1.82, 2.24) is 4.90 Å². The SMILES string of the molecule is C=CCN(C(=O)[C@H]1[C@@H]2OC3(CC2Br)C(C(=O)N(CC=C)c2cc(C)ccc2C)N(CCCCO)C(=O)[C@H]13)c1ccc(OCC)cc1. The normalized spacial score (nSPS) is 26.2. The van der Waals surface area contributed by atoms with E-state index in [0.29, 0.717) is 37.3 Å². The third-order valence-corrected chi connectivity index (χ3v) is 10.2. The van der Waals surface area contributed by atoms with E-state index in [-0.39, 0.29) is 48.8 Å². The molecular formula is C36H44BrN3O6. The molecule has 0 saturated carbocycles. The van der Waals surface area contributed by atoms with Crippen molar-refractivity contribution < 1.29 is 29.0 Å². The number of unbranched alkanes of at least 4 members (excludes halogenated alkanes) is 1. The maximum Gasteiger partial charge on any atom is 0.253 e. The number of aliphatic hydroxyl groups is 1. The van der Waals surface area contributed by atoms with Crippen LogP contribution in [0.25, 0.3) is 0 Å². The molecule has 1 spiro atoms. The van der Waals surface area contributed by atoms with Crippen molar-refractivity contribution in [1.29, 1.82) is 0 Å². The second kappa shape index (κ2) is 14.1. The molecule has 3 saturated heterocycles. The fourth-order valence-electron chi connectivity index (χ4n) is 7.44. The van der Waals surface area contributed by atoms with Crippen LogP contribution in [-0.2, 0) is 19.1 Å². The number of nitrogens with zero attached hydrogens (tertiary/aromatic N) is 3. The summed E-state index contributed by atoms with van der Waals surface area (Å²) < 4.78 is 12.4. The molecular weight excluding hydrogens is 650 g/mol. The summed E-state index contributed by atoms with van der Waals surface area (Å²) in [5.41, 5.74) is 2.12. The Bertz CT molecular complexity index is 1480. The zero-order valence-corrected chi connectivity index (χ0v) is 28.4. The van der Waals surface area contributed by atoms with Crippen molar-refractivity contribution in [3.05, 3.63) is 78.9 Å². The van der Waals surface area contributed by atoms with Gasteiger partial charge in [0.2, 0.25) is 11.8 Å². The number of carbonyl (C=O) groups is 3. The maximum atomic E-state index is 14.9. The number of fused-ring (bicyclic) bond motifs is 1. The first-order chi connectivity index (χ1) is 22.1. The maximum absolute atomic E-state index is 14.9. The third kappa shape index (κ3) is 5.91. The van der Waals surface area contributed by atoms with Crippen molar-refractivity contribution in [2.24, 2.45) is 11.8 Å². The summed E-state index contributed by atoms with van der Waals surface area (Å²) >= 11 is 3.78. The molecule has 3 amide bonds. The number of likely N-dealkylation sites (tertiary alicyclic amines) is 1. The van der Waals surface area contributed by atoms with Crippen LogP contribution in [0, 0.1) is 25.7 Å². The molecule has 3 aliphatic heterocycles. The molecule has 2 aromatic carbocycles. The van der Waals surface area contributed by atoms with Crippen LogP contribution < -0.4 is 14.5 Å². The number of ether oxygens (including phenoxy) is 2. The van der Waals surface area contributed by atoms with Crippen molar-refractivity contribution in [2.45, 2.75) is 62.6 Å². The van der Waals surface area contributed by atoms with Gasteiger partial charge in [0.05, 0.1) is 24.5 Å². The molecule has 3 aliphatic rings. The molecule has 0 aliphatic carbocycles. The molecule has 5 rings (SSSR count). The minimum absolute atomic E-state index is 0.0257. The van der Waals surface area contributed by atoms with Crippen molar-refractivity contribution in [3.8, 4) is 5.75 Å². The molecule has 0 radical (unpaired) electrons. The van der Waals surface area contributed by atoms with Gasteiger partial charge in [-0.15, -0.1) is 13.2 Å². The van der Waals surface area contributed by atoms with E-state index >= 15 is 0 Å². The average molecular weight is 695 g/mol. The zero-order valence-electron chi connectivity index (χ0n) is 26.9. The van der Waals surface area contributed by atoms with Gasteiger partial charge in [-0.05, 0) is 81.5 Å². The lowest BCUT2D eigenvalue weighted by Gasteiger charge is -2.37. The number of carbonyl (C=O) groups excluding carboxylic acids is 3. The second-order valence-corrected chi connectivity index (χ2v) is 13.5. The minimum Gasteiger partial charge on any atom is -0.494 e. The summed E-state index contributed by atoms with van der Waals surface area (Å²) in [7, 11) is 0. The number of amides is 3. The van der Waals surface area contributed by atoms with Gasteiger partial charge >= 0.3 is 0 Å². The van der Waals surface area contributed by atoms with Gasteiger partial charge in [-0.25, -0.2) is 0 Å². The number of aliphatic hydroxyl groups excluding tert-OH is 1. The Morgan fingerprint density at radius 1 is 1.09 bits per heavy atom. The van der Waals surface area contributed by atoms with Crippen molar-refractivity contribution in [3.63, 3.8) is 0 Å². The van der Waals surface area contributed by atoms with Gasteiger partial charge in [-0.2, -0.15) is 0 Å². The van der Waals surface area contributed by atoms with Crippen LogP contribution in [0.2, 0.25) is 0 Å². The molecule has 0 aromatic heterocycles. The van der Waals surface area contributed by atoms with Crippen LogP contribution in [-0.4, -0.2) is 83.2 Å². The van der Waals surface area contributed by atoms with E-state index in [1.807, 2.05) is 63.2 Å². The van der Waals surface area contributed by atoms with Crippen LogP contribution in [0.15, 0.2) is 67.8 Å². The van der Waals surface area contributed by atoms with Gasteiger partial charge in [0.15, 0.2) is 0 Å². The number of benzene rings is 2. The summed E-state index contributed by atoms with van der Waals surface area (Å²) in [4.78, 5) is 48.7. The number of aryl methyl sites for hydroxylation is 2. The number of rotatable bonds is 14. The van der Waals surface area contributed by atoms with Crippen LogP contribution in [0.1, 0.15) is 37.3 Å². The number of alkyl halides is 1. The van der Waals surface area contributed by atoms with Gasteiger partial charge in [0.25, 0.3) is 5.91 Å². The number of hydrogen-bond acceptors (Lipinski definition) is 6. The summed E-state index contributed by atoms with van der Waals surface area (Å²) in [6.07, 6.45) is 4.13. The lowest BCUT2D eigenvalue weighted by molar-refractivity contribution is -0.140. The lowest BCUT2D eigenvalue weighted by Crippen LogP contribution is -2.57. The van der Waals surface area contributed by atoms with E-state index in [1.54, 1.807) is 26.9 Å². The second-order valence-electron chi connectivity index (χ2n) is 12.3. The monoisotopic (exact) mass is 693 g/mol. The number of hydrogen-bond donors (Lipinski definition) is 1. The predicted octanol–water partition coefficient (Wildman–Crippen LogP) is 4.96. The van der Waals surface area contributed by atoms with Gasteiger partial charge in [0.1, 0.15) is 17.4 Å². The fourth-order valence-corrected chi connectivity index (χ4v) is 8.38. The molecule has 2 aromatic rings. The topological polar surface area (TPSA) is 99.6 Å². The molecule has 46 heavy (non-hydrogen) atoms. The molecule has 3 heterocycles. The zero-order chi connectivity index (χ0) is 33.2. The van der Waals surface area contributed by atoms with Crippen molar-refractivity contribution >= 4 is 45.0 Å². The summed E-state index contributed by atoms with van der Waals surface area (Å²) in [6.45, 7) is 14.9. The fraction of sp³-hybridized carbons (Fsp3) is 0.472. The van der Waals surface area contributed by atoms with E-state index < -0.39 is 29.6 Å². The van der Waals surface area contributed by atoms with Gasteiger partial charge in [-0.1, -0.05) is 40.2 Å². The summed E-state index contributed by atoms with van der Waals surface area (Å²) in [5, 5.41) is 9.54. The van der Waals surface area contributed by atoms with Crippen molar-refractivity contribution in [2.75, 3.05) is 42.6 Å². The molecule has 246 valence electrons. The average Bonchev–Trinajstić information content (AvgIpc) is 3.63. The smallest absolute Gasteiger partial charge is 0.253 e. The third-order valence-electron chi connectivity index (χ3n) is 9.39. The van der Waals surface area contributed by atoms with Gasteiger partial charge in [0, 0.05) is 42.4 Å². The van der Waals surface area contributed by atoms with Crippen LogP contribution in [0.3, 0.4) is 0 Å². The van der Waals surface area contributed by atoms with Gasteiger partial charge in [-0.3, -0.25) is 14.4 Å². The highest BCUT2D eigenvalue weighted by Gasteiger charge is 2.77. The van der Waals surface area contributed by atoms with Crippen LogP contribution in [0.4, 0.5) is 11.4 Å². The van der Waals surface area contributed by atoms with Crippen LogP contribution in [0.5, 0.6) is 5.75 Å². The molecule has 2 bridgehead atoms. The van der Waals surface area contributed by atoms with E-state index in [0.717, 1.165) is 16.8 Å². The Balaban J connectivity index is 1.57. The van der Waals surface area contributed by atoms with E-state index in [4.69, 9.17) is 9.47 Å². The quantitative estimate of drug-likeness (QED) is 0.171. The molecule has 3 fully saturated rings.